The van der Waals surface area contributed by atoms with Gasteiger partial charge in [0.05, 0.1) is 11.2 Å². The Hall–Kier alpha value is -0.410. The van der Waals surface area contributed by atoms with Gasteiger partial charge in [-0.2, -0.15) is 10.2 Å². The van der Waals surface area contributed by atoms with Crippen LogP contribution < -0.4 is 5.73 Å². The highest BCUT2D eigenvalue weighted by molar-refractivity contribution is 6.30. The van der Waals surface area contributed by atoms with Gasteiger partial charge in [0.25, 0.3) is 0 Å². The number of azo groups is 1. The molecule has 0 aromatic rings. The second kappa shape index (κ2) is 1.60. The Balaban J connectivity index is 2.69. The van der Waals surface area contributed by atoms with Crippen LogP contribution in [-0.4, -0.2) is 6.17 Å². The van der Waals surface area contributed by atoms with Crippen molar-refractivity contribution >= 4 is 11.6 Å². The van der Waals surface area contributed by atoms with Gasteiger partial charge < -0.3 is 5.73 Å². The van der Waals surface area contributed by atoms with Crippen LogP contribution in [0.3, 0.4) is 0 Å². The molecular weight excluding hydrogens is 114 g/mol. The Morgan fingerprint density at radius 2 is 2.57 bits per heavy atom. The van der Waals surface area contributed by atoms with Crippen LogP contribution in [0.25, 0.3) is 0 Å². The van der Waals surface area contributed by atoms with Gasteiger partial charge in [-0.15, -0.1) is 0 Å². The molecule has 2 N–H and O–H groups in total. The molecular formula is C3H4ClN3. The van der Waals surface area contributed by atoms with E-state index in [9.17, 15) is 0 Å². The first-order chi connectivity index (χ1) is 3.30. The van der Waals surface area contributed by atoms with Gasteiger partial charge in [0.1, 0.15) is 0 Å². The van der Waals surface area contributed by atoms with E-state index in [1.54, 1.807) is 0 Å². The zero-order chi connectivity index (χ0) is 5.28. The third kappa shape index (κ3) is 0.783. The molecule has 0 amide bonds. The summed E-state index contributed by atoms with van der Waals surface area (Å²) in [6, 6.07) is 0. The Labute approximate surface area is 45.9 Å². The third-order valence-corrected chi connectivity index (χ3v) is 0.976. The van der Waals surface area contributed by atoms with Crippen molar-refractivity contribution in [2.45, 2.75) is 6.17 Å². The number of hydrogen-bond donors (Lipinski definition) is 1. The van der Waals surface area contributed by atoms with Gasteiger partial charge in [-0.05, 0) is 0 Å². The highest BCUT2D eigenvalue weighted by Crippen LogP contribution is 2.12. The Kier molecular flexibility index (Phi) is 1.08. The molecule has 1 rings (SSSR count). The monoisotopic (exact) mass is 117 g/mol. The molecule has 0 aromatic carbocycles. The number of rotatable bonds is 0. The second-order valence-corrected chi connectivity index (χ2v) is 1.63. The van der Waals surface area contributed by atoms with Crippen LogP contribution in [0.15, 0.2) is 21.5 Å². The van der Waals surface area contributed by atoms with Crippen LogP contribution >= 0.6 is 11.6 Å². The predicted octanol–water partition coefficient (Wildman–Crippen LogP) is 0.817. The van der Waals surface area contributed by atoms with Crippen LogP contribution in [-0.2, 0) is 0 Å². The Morgan fingerprint density at radius 3 is 2.71 bits per heavy atom. The molecule has 3 nitrogen and oxygen atoms in total. The number of halogens is 1. The van der Waals surface area contributed by atoms with Crippen molar-refractivity contribution in [2.75, 3.05) is 0 Å². The van der Waals surface area contributed by atoms with Crippen molar-refractivity contribution in [3.63, 3.8) is 0 Å². The lowest BCUT2D eigenvalue weighted by Crippen LogP contribution is -2.13. The van der Waals surface area contributed by atoms with Crippen LogP contribution in [0.2, 0.25) is 0 Å². The summed E-state index contributed by atoms with van der Waals surface area (Å²) in [5.41, 5.74) is 5.22. The van der Waals surface area contributed by atoms with E-state index in [2.05, 4.69) is 10.2 Å². The van der Waals surface area contributed by atoms with Crippen molar-refractivity contribution < 1.29 is 0 Å². The molecule has 38 valence electrons. The van der Waals surface area contributed by atoms with E-state index in [0.717, 1.165) is 0 Å². The summed E-state index contributed by atoms with van der Waals surface area (Å²) in [6.07, 6.45) is 1.04. The topological polar surface area (TPSA) is 50.7 Å². The van der Waals surface area contributed by atoms with E-state index in [4.69, 9.17) is 17.3 Å². The predicted molar refractivity (Wildman–Crippen MR) is 26.8 cm³/mol. The maximum atomic E-state index is 5.41. The van der Waals surface area contributed by atoms with E-state index >= 15 is 0 Å². The lowest BCUT2D eigenvalue weighted by Gasteiger charge is -1.90. The first-order valence-electron chi connectivity index (χ1n) is 1.82. The SMILES string of the molecule is N[C@@H]1N=NC=C1Cl. The van der Waals surface area contributed by atoms with Gasteiger partial charge in [0, 0.05) is 0 Å². The number of nitrogens with zero attached hydrogens (tertiary/aromatic N) is 2. The van der Waals surface area contributed by atoms with Gasteiger partial charge in [-0.25, -0.2) is 0 Å². The molecule has 0 saturated carbocycles. The average Bonchev–Trinajstić information content (AvgIpc) is 1.91. The standard InChI is InChI=1S/C3H4ClN3/c4-2-1-6-7-3(2)5/h1,3H,5H2/t3-/m1/s1. The van der Waals surface area contributed by atoms with Crippen molar-refractivity contribution in [3.05, 3.63) is 11.2 Å². The van der Waals surface area contributed by atoms with E-state index < -0.39 is 6.17 Å². The Morgan fingerprint density at radius 1 is 1.86 bits per heavy atom. The van der Waals surface area contributed by atoms with E-state index in [-0.39, 0.29) is 0 Å². The summed E-state index contributed by atoms with van der Waals surface area (Å²) in [5, 5.41) is 7.45. The molecule has 1 aliphatic heterocycles. The molecule has 0 unspecified atom stereocenters. The fourth-order valence-corrected chi connectivity index (χ4v) is 0.379. The van der Waals surface area contributed by atoms with Crippen molar-refractivity contribution in [1.29, 1.82) is 0 Å². The zero-order valence-corrected chi connectivity index (χ0v) is 4.26. The number of hydrogen-bond acceptors (Lipinski definition) is 3. The van der Waals surface area contributed by atoms with Gasteiger partial charge in [0.15, 0.2) is 6.17 Å². The molecule has 0 fully saturated rings. The lowest BCUT2D eigenvalue weighted by molar-refractivity contribution is 0.839. The first-order valence-corrected chi connectivity index (χ1v) is 2.19. The summed E-state index contributed by atoms with van der Waals surface area (Å²) in [5.74, 6) is 0. The van der Waals surface area contributed by atoms with Crippen LogP contribution in [0.5, 0.6) is 0 Å². The van der Waals surface area contributed by atoms with Gasteiger partial charge in [-0.3, -0.25) is 0 Å². The minimum Gasteiger partial charge on any atom is -0.304 e. The molecule has 1 aliphatic rings. The quantitative estimate of drug-likeness (QED) is 0.502. The molecule has 0 aliphatic carbocycles. The first kappa shape index (κ1) is 4.74. The molecule has 7 heavy (non-hydrogen) atoms. The van der Waals surface area contributed by atoms with Crippen LogP contribution in [0.4, 0.5) is 0 Å². The lowest BCUT2D eigenvalue weighted by atomic mass is 10.5. The molecule has 0 radical (unpaired) electrons. The van der Waals surface area contributed by atoms with Crippen molar-refractivity contribution in [1.82, 2.24) is 0 Å². The molecule has 0 aromatic heterocycles. The molecule has 4 heteroatoms. The zero-order valence-electron chi connectivity index (χ0n) is 3.50. The van der Waals surface area contributed by atoms with Crippen molar-refractivity contribution in [3.8, 4) is 0 Å². The van der Waals surface area contributed by atoms with Crippen LogP contribution in [0.1, 0.15) is 0 Å². The van der Waals surface area contributed by atoms with E-state index in [1.165, 1.54) is 6.20 Å². The fraction of sp³-hybridized carbons (Fsp3) is 0.333. The summed E-state index contributed by atoms with van der Waals surface area (Å²) in [7, 11) is 0. The highest BCUT2D eigenvalue weighted by atomic mass is 35.5. The highest BCUT2D eigenvalue weighted by Gasteiger charge is 2.07. The summed E-state index contributed by atoms with van der Waals surface area (Å²) in [4.78, 5) is 0. The van der Waals surface area contributed by atoms with Gasteiger partial charge in [-0.1, -0.05) is 11.6 Å². The Bertz CT molecular complexity index is 128. The molecule has 0 saturated heterocycles. The summed E-state index contributed by atoms with van der Waals surface area (Å²) < 4.78 is 0. The second-order valence-electron chi connectivity index (χ2n) is 1.19. The smallest absolute Gasteiger partial charge is 0.156 e. The van der Waals surface area contributed by atoms with Gasteiger partial charge >= 0.3 is 0 Å². The van der Waals surface area contributed by atoms with E-state index in [0.29, 0.717) is 5.03 Å². The van der Waals surface area contributed by atoms with E-state index in [1.807, 2.05) is 0 Å². The van der Waals surface area contributed by atoms with Crippen molar-refractivity contribution in [2.24, 2.45) is 16.0 Å². The maximum absolute atomic E-state index is 5.41. The molecule has 0 bridgehead atoms. The maximum Gasteiger partial charge on any atom is 0.156 e. The van der Waals surface area contributed by atoms with Gasteiger partial charge in [0.2, 0.25) is 0 Å². The average molecular weight is 118 g/mol. The molecule has 0 spiro atoms. The minimum atomic E-state index is -0.401. The molecule has 1 atom stereocenters. The number of nitrogens with two attached hydrogens (primary N) is 1. The third-order valence-electron chi connectivity index (χ3n) is 0.655. The summed E-state index contributed by atoms with van der Waals surface area (Å²) >= 11 is 5.41. The minimum absolute atomic E-state index is 0.401. The fourth-order valence-electron chi connectivity index (χ4n) is 0.292. The normalized spacial score (nSPS) is 28.3. The summed E-state index contributed by atoms with van der Waals surface area (Å²) in [6.45, 7) is 0. The van der Waals surface area contributed by atoms with Crippen LogP contribution in [0, 0.1) is 0 Å². The largest absolute Gasteiger partial charge is 0.304 e. The molecule has 1 heterocycles.